The van der Waals surface area contributed by atoms with Crippen LogP contribution < -0.4 is 0 Å². The topological polar surface area (TPSA) is 3.24 Å². The van der Waals surface area contributed by atoms with E-state index < -0.39 is 0 Å². The maximum absolute atomic E-state index is 2.27. The van der Waals surface area contributed by atoms with E-state index in [-0.39, 0.29) is 0 Å². The van der Waals surface area contributed by atoms with Gasteiger partial charge in [-0.2, -0.15) is 0 Å². The maximum Gasteiger partial charge on any atom is 0.0162 e. The van der Waals surface area contributed by atoms with Crippen LogP contribution in [-0.4, -0.2) is 25.0 Å². The number of hydrogen-bond donors (Lipinski definition) is 0. The van der Waals surface area contributed by atoms with Crippen LogP contribution in [-0.2, 0) is 0 Å². The molecule has 0 amide bonds. The van der Waals surface area contributed by atoms with Crippen LogP contribution >= 0.6 is 0 Å². The second-order valence-corrected chi connectivity index (χ2v) is 3.34. The monoisotopic (exact) mass is 171 g/mol. The molecule has 0 heterocycles. The van der Waals surface area contributed by atoms with Gasteiger partial charge in [0.2, 0.25) is 0 Å². The number of allylic oxidation sites excluding steroid dienone is 1. The quantitative estimate of drug-likeness (QED) is 0.589. The number of rotatable bonds is 3. The molecule has 0 spiro atoms. The van der Waals surface area contributed by atoms with Gasteiger partial charge in [-0.05, 0) is 27.4 Å². The first kappa shape index (κ1) is 14.2. The third kappa shape index (κ3) is 16.4. The molecule has 0 radical (unpaired) electrons. The molecule has 0 unspecified atom stereocenters. The molecule has 0 aliphatic rings. The molecule has 0 saturated heterocycles. The highest BCUT2D eigenvalue weighted by Crippen LogP contribution is 1.89. The number of nitrogens with zero attached hydrogens (tertiary/aromatic N) is 1. The van der Waals surface area contributed by atoms with Crippen molar-refractivity contribution < 1.29 is 0 Å². The van der Waals surface area contributed by atoms with Gasteiger partial charge >= 0.3 is 0 Å². The predicted octanol–water partition coefficient (Wildman–Crippen LogP) is 3.32. The lowest BCUT2D eigenvalue weighted by molar-refractivity contribution is 0.391. The molecule has 0 fully saturated rings. The molecule has 12 heavy (non-hydrogen) atoms. The van der Waals surface area contributed by atoms with E-state index in [2.05, 4.69) is 52.6 Å². The third-order valence-corrected chi connectivity index (χ3v) is 1.35. The van der Waals surface area contributed by atoms with E-state index in [0.717, 1.165) is 13.1 Å². The van der Waals surface area contributed by atoms with Crippen molar-refractivity contribution in [2.75, 3.05) is 20.1 Å². The summed E-state index contributed by atoms with van der Waals surface area (Å²) >= 11 is 0. The summed E-state index contributed by atoms with van der Waals surface area (Å²) in [6.07, 6.45) is 3.49. The largest absolute Gasteiger partial charge is 0.303 e. The summed E-state index contributed by atoms with van der Waals surface area (Å²) in [5.41, 5.74) is 1.40. The molecule has 0 atom stereocenters. The van der Waals surface area contributed by atoms with Gasteiger partial charge in [-0.3, -0.25) is 0 Å². The maximum atomic E-state index is 2.27. The van der Waals surface area contributed by atoms with Gasteiger partial charge in [0.25, 0.3) is 0 Å². The highest BCUT2D eigenvalue weighted by atomic mass is 15.1. The zero-order valence-corrected chi connectivity index (χ0v) is 9.65. The van der Waals surface area contributed by atoms with Crippen molar-refractivity contribution in [3.63, 3.8) is 0 Å². The summed E-state index contributed by atoms with van der Waals surface area (Å²) in [4.78, 5) is 2.27. The minimum atomic E-state index is 1.08. The summed E-state index contributed by atoms with van der Waals surface area (Å²) in [5, 5.41) is 0. The molecular weight excluding hydrogens is 146 g/mol. The van der Waals surface area contributed by atoms with E-state index in [1.165, 1.54) is 12.0 Å². The van der Waals surface area contributed by atoms with Crippen LogP contribution in [0.2, 0.25) is 0 Å². The van der Waals surface area contributed by atoms with Gasteiger partial charge in [0.05, 0.1) is 0 Å². The smallest absolute Gasteiger partial charge is 0.0162 e. The highest BCUT2D eigenvalue weighted by molar-refractivity contribution is 4.94. The van der Waals surface area contributed by atoms with Gasteiger partial charge in [-0.1, -0.05) is 38.8 Å². The Kier molecular flexibility index (Phi) is 12.7. The van der Waals surface area contributed by atoms with Crippen LogP contribution in [0.15, 0.2) is 11.6 Å². The molecule has 0 bridgehead atoms. The van der Waals surface area contributed by atoms with Gasteiger partial charge in [-0.25, -0.2) is 0 Å². The Hall–Kier alpha value is -0.300. The SMILES string of the molecule is CCC.CCN(C)CC=C(C)C. The second-order valence-electron chi connectivity index (χ2n) is 3.34. The fourth-order valence-electron chi connectivity index (χ4n) is 0.468. The van der Waals surface area contributed by atoms with Crippen LogP contribution in [0, 0.1) is 0 Å². The zero-order valence-electron chi connectivity index (χ0n) is 9.65. The van der Waals surface area contributed by atoms with E-state index in [4.69, 9.17) is 0 Å². The van der Waals surface area contributed by atoms with Crippen molar-refractivity contribution in [2.45, 2.75) is 41.0 Å². The average molecular weight is 171 g/mol. The molecule has 0 aliphatic carbocycles. The van der Waals surface area contributed by atoms with E-state index >= 15 is 0 Å². The van der Waals surface area contributed by atoms with E-state index in [1.807, 2.05) is 0 Å². The Balaban J connectivity index is 0. The Bertz CT molecular complexity index is 102. The first-order chi connectivity index (χ1) is 5.58. The molecule has 0 aromatic carbocycles. The highest BCUT2D eigenvalue weighted by Gasteiger charge is 1.87. The van der Waals surface area contributed by atoms with Crippen LogP contribution in [0.4, 0.5) is 0 Å². The van der Waals surface area contributed by atoms with Gasteiger partial charge in [0.1, 0.15) is 0 Å². The Labute approximate surface area is 78.5 Å². The van der Waals surface area contributed by atoms with Crippen LogP contribution in [0.3, 0.4) is 0 Å². The van der Waals surface area contributed by atoms with Gasteiger partial charge in [0.15, 0.2) is 0 Å². The summed E-state index contributed by atoms with van der Waals surface area (Å²) in [7, 11) is 2.12. The minimum absolute atomic E-state index is 1.08. The van der Waals surface area contributed by atoms with Crippen molar-refractivity contribution in [1.82, 2.24) is 4.90 Å². The van der Waals surface area contributed by atoms with Crippen LogP contribution in [0.1, 0.15) is 41.0 Å². The fourth-order valence-corrected chi connectivity index (χ4v) is 0.468. The molecule has 74 valence electrons. The molecule has 0 N–H and O–H groups in total. The lowest BCUT2D eigenvalue weighted by Gasteiger charge is -2.09. The van der Waals surface area contributed by atoms with Crippen molar-refractivity contribution in [2.24, 2.45) is 0 Å². The second kappa shape index (κ2) is 10.7. The van der Waals surface area contributed by atoms with Crippen molar-refractivity contribution in [3.05, 3.63) is 11.6 Å². The number of hydrogen-bond acceptors (Lipinski definition) is 1. The first-order valence-corrected chi connectivity index (χ1v) is 4.90. The van der Waals surface area contributed by atoms with Crippen LogP contribution in [0.25, 0.3) is 0 Å². The molecule has 0 aliphatic heterocycles. The van der Waals surface area contributed by atoms with Gasteiger partial charge in [-0.15, -0.1) is 0 Å². The lowest BCUT2D eigenvalue weighted by atomic mass is 10.3. The van der Waals surface area contributed by atoms with Crippen molar-refractivity contribution in [3.8, 4) is 0 Å². The average Bonchev–Trinajstić information content (AvgIpc) is 2.01. The minimum Gasteiger partial charge on any atom is -0.303 e. The summed E-state index contributed by atoms with van der Waals surface area (Å²) in [5.74, 6) is 0. The molecule has 0 aromatic rings. The molecule has 1 nitrogen and oxygen atoms in total. The summed E-state index contributed by atoms with van der Waals surface area (Å²) in [6.45, 7) is 12.9. The molecule has 0 aromatic heterocycles. The van der Waals surface area contributed by atoms with Gasteiger partial charge in [0, 0.05) is 6.54 Å². The summed E-state index contributed by atoms with van der Waals surface area (Å²) < 4.78 is 0. The van der Waals surface area contributed by atoms with E-state index in [1.54, 1.807) is 0 Å². The standard InChI is InChI=1S/C8H17N.C3H8/c1-5-9(4)7-6-8(2)3;1-3-2/h6H,5,7H2,1-4H3;3H2,1-2H3. The van der Waals surface area contributed by atoms with Gasteiger partial charge < -0.3 is 4.90 Å². The number of likely N-dealkylation sites (N-methyl/N-ethyl adjacent to an activating group) is 1. The Morgan fingerprint density at radius 3 is 1.83 bits per heavy atom. The molecular formula is C11H25N. The normalized spacial score (nSPS) is 8.92. The fraction of sp³-hybridized carbons (Fsp3) is 0.818. The van der Waals surface area contributed by atoms with Crippen molar-refractivity contribution in [1.29, 1.82) is 0 Å². The molecule has 0 rings (SSSR count). The van der Waals surface area contributed by atoms with Crippen LogP contribution in [0.5, 0.6) is 0 Å². The zero-order chi connectivity index (χ0) is 9.98. The van der Waals surface area contributed by atoms with E-state index in [0.29, 0.717) is 0 Å². The summed E-state index contributed by atoms with van der Waals surface area (Å²) in [6, 6.07) is 0. The first-order valence-electron chi connectivity index (χ1n) is 4.90. The third-order valence-electron chi connectivity index (χ3n) is 1.35. The Morgan fingerprint density at radius 1 is 1.17 bits per heavy atom. The molecule has 0 saturated carbocycles. The predicted molar refractivity (Wildman–Crippen MR) is 58.6 cm³/mol. The molecule has 1 heteroatoms. The Morgan fingerprint density at radius 2 is 1.58 bits per heavy atom. The van der Waals surface area contributed by atoms with Crippen molar-refractivity contribution >= 4 is 0 Å². The van der Waals surface area contributed by atoms with E-state index in [9.17, 15) is 0 Å². The lowest BCUT2D eigenvalue weighted by Crippen LogP contribution is -2.17.